The van der Waals surface area contributed by atoms with E-state index in [0.717, 1.165) is 16.5 Å². The molecule has 0 aliphatic carbocycles. The summed E-state index contributed by atoms with van der Waals surface area (Å²) in [4.78, 5) is 16.1. The molecule has 3 N–H and O–H groups in total. The van der Waals surface area contributed by atoms with Crippen LogP contribution < -0.4 is 10.6 Å². The van der Waals surface area contributed by atoms with Crippen LogP contribution in [0, 0.1) is 5.82 Å². The number of nitrogens with zero attached hydrogens (tertiary/aromatic N) is 2. The van der Waals surface area contributed by atoms with Gasteiger partial charge in [-0.25, -0.2) is 14.2 Å². The van der Waals surface area contributed by atoms with Crippen LogP contribution in [0.5, 0.6) is 0 Å². The van der Waals surface area contributed by atoms with Crippen LogP contribution in [0.3, 0.4) is 0 Å². The number of anilines is 1. The minimum absolute atomic E-state index is 0.252. The second-order valence-corrected chi connectivity index (χ2v) is 4.90. The van der Waals surface area contributed by atoms with Gasteiger partial charge in [-0.2, -0.15) is 5.10 Å². The zero-order valence-electron chi connectivity index (χ0n) is 11.8. The van der Waals surface area contributed by atoms with E-state index in [0.29, 0.717) is 5.82 Å². The van der Waals surface area contributed by atoms with Gasteiger partial charge in [0, 0.05) is 5.39 Å². The summed E-state index contributed by atoms with van der Waals surface area (Å²) in [6, 6.07) is 7.08. The smallest absolute Gasteiger partial charge is 0.320 e. The van der Waals surface area contributed by atoms with E-state index in [1.165, 1.54) is 12.1 Å². The number of fused-ring (bicyclic) bond motifs is 1. The second-order valence-electron chi connectivity index (χ2n) is 4.90. The Hall–Kier alpha value is -2.96. The molecule has 0 aliphatic heterocycles. The summed E-state index contributed by atoms with van der Waals surface area (Å²) in [6.45, 7) is 1.82. The lowest BCUT2D eigenvalue weighted by molar-refractivity contribution is 0.249. The van der Waals surface area contributed by atoms with Gasteiger partial charge in [0.15, 0.2) is 0 Å². The van der Waals surface area contributed by atoms with Gasteiger partial charge >= 0.3 is 6.03 Å². The molecular formula is C15H14FN5O. The minimum Gasteiger partial charge on any atom is -0.331 e. The lowest BCUT2D eigenvalue weighted by Gasteiger charge is -2.14. The Morgan fingerprint density at radius 1 is 1.27 bits per heavy atom. The highest BCUT2D eigenvalue weighted by molar-refractivity contribution is 5.91. The lowest BCUT2D eigenvalue weighted by atomic mass is 10.1. The fraction of sp³-hybridized carbons (Fsp3) is 0.133. The molecule has 0 radical (unpaired) electrons. The second kappa shape index (κ2) is 5.80. The number of amides is 2. The number of urea groups is 1. The van der Waals surface area contributed by atoms with Crippen molar-refractivity contribution in [3.05, 3.63) is 54.1 Å². The number of H-pyrrole nitrogens is 1. The van der Waals surface area contributed by atoms with Crippen molar-refractivity contribution >= 4 is 22.8 Å². The molecule has 22 heavy (non-hydrogen) atoms. The molecule has 0 saturated carbocycles. The third-order valence-electron chi connectivity index (χ3n) is 3.28. The molecule has 0 fully saturated rings. The van der Waals surface area contributed by atoms with E-state index in [1.807, 2.05) is 6.92 Å². The van der Waals surface area contributed by atoms with Crippen LogP contribution in [0.4, 0.5) is 15.0 Å². The topological polar surface area (TPSA) is 82.7 Å². The summed E-state index contributed by atoms with van der Waals surface area (Å²) < 4.78 is 12.9. The molecule has 1 unspecified atom stereocenters. The van der Waals surface area contributed by atoms with Crippen LogP contribution in [0.25, 0.3) is 10.9 Å². The van der Waals surface area contributed by atoms with Gasteiger partial charge in [0.05, 0.1) is 24.0 Å². The summed E-state index contributed by atoms with van der Waals surface area (Å²) >= 11 is 0. The van der Waals surface area contributed by atoms with Gasteiger partial charge in [0.2, 0.25) is 0 Å². The third-order valence-corrected chi connectivity index (χ3v) is 3.28. The van der Waals surface area contributed by atoms with Crippen LogP contribution in [-0.2, 0) is 0 Å². The van der Waals surface area contributed by atoms with Crippen molar-refractivity contribution in [2.45, 2.75) is 13.0 Å². The largest absolute Gasteiger partial charge is 0.331 e. The van der Waals surface area contributed by atoms with Crippen molar-refractivity contribution in [3.8, 4) is 0 Å². The van der Waals surface area contributed by atoms with Crippen molar-refractivity contribution in [3.63, 3.8) is 0 Å². The quantitative estimate of drug-likeness (QED) is 0.695. The molecule has 2 aromatic heterocycles. The van der Waals surface area contributed by atoms with E-state index in [2.05, 4.69) is 25.8 Å². The van der Waals surface area contributed by atoms with Gasteiger partial charge in [-0.15, -0.1) is 0 Å². The number of halogens is 1. The first-order valence-corrected chi connectivity index (χ1v) is 6.74. The number of carbonyl (C=O) groups is 1. The third kappa shape index (κ3) is 3.03. The molecule has 2 amide bonds. The van der Waals surface area contributed by atoms with E-state index < -0.39 is 0 Å². The number of hydrogen-bond donors (Lipinski definition) is 3. The molecule has 112 valence electrons. The maximum absolute atomic E-state index is 12.9. The Morgan fingerprint density at radius 3 is 2.82 bits per heavy atom. The number of aromatic nitrogens is 3. The SMILES string of the molecule is CC(NC(=O)Nc1cc2cn[nH]c2cn1)c1ccc(F)cc1. The van der Waals surface area contributed by atoms with Gasteiger partial charge in [-0.05, 0) is 30.7 Å². The zero-order chi connectivity index (χ0) is 15.5. The van der Waals surface area contributed by atoms with Gasteiger partial charge in [0.25, 0.3) is 0 Å². The average molecular weight is 299 g/mol. The van der Waals surface area contributed by atoms with E-state index in [1.54, 1.807) is 30.6 Å². The summed E-state index contributed by atoms with van der Waals surface area (Å²) in [7, 11) is 0. The molecule has 2 heterocycles. The molecule has 1 atom stereocenters. The summed E-state index contributed by atoms with van der Waals surface area (Å²) in [5.74, 6) is 0.121. The fourth-order valence-corrected chi connectivity index (χ4v) is 2.09. The Kier molecular flexibility index (Phi) is 3.69. The first kappa shape index (κ1) is 14.0. The maximum Gasteiger partial charge on any atom is 0.320 e. The van der Waals surface area contributed by atoms with Gasteiger partial charge in [0.1, 0.15) is 11.6 Å². The van der Waals surface area contributed by atoms with Crippen LogP contribution in [0.15, 0.2) is 42.7 Å². The number of carbonyl (C=O) groups excluding carboxylic acids is 1. The molecular weight excluding hydrogens is 285 g/mol. The number of hydrogen-bond acceptors (Lipinski definition) is 3. The molecule has 6 nitrogen and oxygen atoms in total. The molecule has 0 aliphatic rings. The lowest BCUT2D eigenvalue weighted by Crippen LogP contribution is -2.31. The van der Waals surface area contributed by atoms with Crippen molar-refractivity contribution in [2.24, 2.45) is 0 Å². The molecule has 0 bridgehead atoms. The number of rotatable bonds is 3. The van der Waals surface area contributed by atoms with Crippen molar-refractivity contribution < 1.29 is 9.18 Å². The van der Waals surface area contributed by atoms with E-state index in [9.17, 15) is 9.18 Å². The standard InChI is InChI=1S/C15H14FN5O/c1-9(10-2-4-12(16)5-3-10)19-15(22)20-14-6-11-7-18-21-13(11)8-17-14/h2-9H,1H3,(H,18,21)(H2,17,19,20,22). The summed E-state index contributed by atoms with van der Waals surface area (Å²) in [6.07, 6.45) is 3.25. The predicted octanol–water partition coefficient (Wildman–Crippen LogP) is 2.98. The first-order chi connectivity index (χ1) is 10.6. The molecule has 0 spiro atoms. The summed E-state index contributed by atoms with van der Waals surface area (Å²) in [5, 5.41) is 13.0. The highest BCUT2D eigenvalue weighted by Crippen LogP contribution is 2.15. The average Bonchev–Trinajstić information content (AvgIpc) is 2.95. The molecule has 3 rings (SSSR count). The number of pyridine rings is 1. The van der Waals surface area contributed by atoms with Crippen molar-refractivity contribution in [1.29, 1.82) is 0 Å². The van der Waals surface area contributed by atoms with Crippen LogP contribution in [0.2, 0.25) is 0 Å². The van der Waals surface area contributed by atoms with Crippen LogP contribution >= 0.6 is 0 Å². The highest BCUT2D eigenvalue weighted by Gasteiger charge is 2.10. The number of aromatic amines is 1. The Balaban J connectivity index is 1.65. The predicted molar refractivity (Wildman–Crippen MR) is 80.9 cm³/mol. The van der Waals surface area contributed by atoms with Crippen LogP contribution in [0.1, 0.15) is 18.5 Å². The van der Waals surface area contributed by atoms with Crippen molar-refractivity contribution in [1.82, 2.24) is 20.5 Å². The zero-order valence-corrected chi connectivity index (χ0v) is 11.8. The minimum atomic E-state index is -0.382. The number of nitrogens with one attached hydrogen (secondary N) is 3. The summed E-state index contributed by atoms with van der Waals surface area (Å²) in [5.41, 5.74) is 1.61. The number of benzene rings is 1. The van der Waals surface area contributed by atoms with Gasteiger partial charge in [-0.3, -0.25) is 10.4 Å². The fourth-order valence-electron chi connectivity index (χ4n) is 2.09. The monoisotopic (exact) mass is 299 g/mol. The normalized spacial score (nSPS) is 12.1. The molecule has 3 aromatic rings. The van der Waals surface area contributed by atoms with Gasteiger partial charge < -0.3 is 5.32 Å². The van der Waals surface area contributed by atoms with Gasteiger partial charge in [-0.1, -0.05) is 12.1 Å². The van der Waals surface area contributed by atoms with Crippen LogP contribution in [-0.4, -0.2) is 21.2 Å². The highest BCUT2D eigenvalue weighted by atomic mass is 19.1. The maximum atomic E-state index is 12.9. The van der Waals surface area contributed by atoms with E-state index >= 15 is 0 Å². The Labute approximate surface area is 125 Å². The first-order valence-electron chi connectivity index (χ1n) is 6.74. The van der Waals surface area contributed by atoms with Crippen molar-refractivity contribution in [2.75, 3.05) is 5.32 Å². The molecule has 1 aromatic carbocycles. The van der Waals surface area contributed by atoms with E-state index in [4.69, 9.17) is 0 Å². The molecule has 0 saturated heterocycles. The molecule has 7 heteroatoms. The van der Waals surface area contributed by atoms with E-state index in [-0.39, 0.29) is 17.9 Å². The Morgan fingerprint density at radius 2 is 2.05 bits per heavy atom. The Bertz CT molecular complexity index is 799.